The Labute approximate surface area is 127 Å². The van der Waals surface area contributed by atoms with Gasteiger partial charge in [-0.15, -0.1) is 0 Å². The Morgan fingerprint density at radius 3 is 2.90 bits per heavy atom. The van der Waals surface area contributed by atoms with Crippen LogP contribution in [0.5, 0.6) is 0 Å². The SMILES string of the molecule is CNC(CCN(C)C1CCOC1C)c1cccc(Cl)c1. The van der Waals surface area contributed by atoms with Gasteiger partial charge < -0.3 is 15.0 Å². The van der Waals surface area contributed by atoms with E-state index < -0.39 is 0 Å². The van der Waals surface area contributed by atoms with Crippen LogP contribution < -0.4 is 5.32 Å². The Morgan fingerprint density at radius 2 is 2.30 bits per heavy atom. The first kappa shape index (κ1) is 15.8. The molecule has 0 saturated carbocycles. The molecule has 1 aliphatic rings. The van der Waals surface area contributed by atoms with Gasteiger partial charge in [-0.3, -0.25) is 0 Å². The van der Waals surface area contributed by atoms with Crippen LogP contribution >= 0.6 is 11.6 Å². The molecule has 20 heavy (non-hydrogen) atoms. The second-order valence-electron chi connectivity index (χ2n) is 5.60. The second kappa shape index (κ2) is 7.41. The van der Waals surface area contributed by atoms with Crippen LogP contribution in [0.2, 0.25) is 5.02 Å². The van der Waals surface area contributed by atoms with Gasteiger partial charge in [-0.05, 0) is 51.6 Å². The lowest BCUT2D eigenvalue weighted by Gasteiger charge is -2.28. The van der Waals surface area contributed by atoms with Gasteiger partial charge in [-0.1, -0.05) is 23.7 Å². The van der Waals surface area contributed by atoms with Gasteiger partial charge in [0, 0.05) is 30.3 Å². The topological polar surface area (TPSA) is 24.5 Å². The maximum absolute atomic E-state index is 6.08. The number of nitrogens with zero attached hydrogens (tertiary/aromatic N) is 1. The zero-order valence-corrected chi connectivity index (χ0v) is 13.4. The van der Waals surface area contributed by atoms with Crippen LogP contribution in [0.3, 0.4) is 0 Å². The van der Waals surface area contributed by atoms with Gasteiger partial charge in [0.1, 0.15) is 0 Å². The summed E-state index contributed by atoms with van der Waals surface area (Å²) in [6.45, 7) is 4.11. The van der Waals surface area contributed by atoms with Crippen molar-refractivity contribution in [3.05, 3.63) is 34.9 Å². The summed E-state index contributed by atoms with van der Waals surface area (Å²) in [5.41, 5.74) is 1.25. The molecule has 3 unspecified atom stereocenters. The Balaban J connectivity index is 1.90. The quantitative estimate of drug-likeness (QED) is 0.873. The molecule has 1 fully saturated rings. The summed E-state index contributed by atoms with van der Waals surface area (Å²) in [6, 6.07) is 9.00. The lowest BCUT2D eigenvalue weighted by molar-refractivity contribution is 0.0824. The lowest BCUT2D eigenvalue weighted by Crippen LogP contribution is -2.38. The molecular weight excluding hydrogens is 272 g/mol. The highest BCUT2D eigenvalue weighted by molar-refractivity contribution is 6.30. The Hall–Kier alpha value is -0.610. The van der Waals surface area contributed by atoms with E-state index in [1.807, 2.05) is 25.2 Å². The van der Waals surface area contributed by atoms with E-state index in [2.05, 4.69) is 30.3 Å². The van der Waals surface area contributed by atoms with Crippen molar-refractivity contribution in [3.63, 3.8) is 0 Å². The predicted molar refractivity (Wildman–Crippen MR) is 84.3 cm³/mol. The molecule has 112 valence electrons. The van der Waals surface area contributed by atoms with Crippen molar-refractivity contribution in [1.82, 2.24) is 10.2 Å². The third kappa shape index (κ3) is 3.95. The van der Waals surface area contributed by atoms with Crippen molar-refractivity contribution in [2.45, 2.75) is 38.0 Å². The van der Waals surface area contributed by atoms with Crippen LogP contribution in [0.25, 0.3) is 0 Å². The maximum atomic E-state index is 6.08. The molecule has 1 aliphatic heterocycles. The average Bonchev–Trinajstić information content (AvgIpc) is 2.85. The number of halogens is 1. The molecule has 4 heteroatoms. The van der Waals surface area contributed by atoms with Crippen molar-refractivity contribution in [2.75, 3.05) is 27.2 Å². The summed E-state index contributed by atoms with van der Waals surface area (Å²) in [5.74, 6) is 0. The zero-order chi connectivity index (χ0) is 14.5. The summed E-state index contributed by atoms with van der Waals surface area (Å²) in [7, 11) is 4.20. The molecule has 0 bridgehead atoms. The average molecular weight is 297 g/mol. The first-order valence-electron chi connectivity index (χ1n) is 7.36. The fourth-order valence-corrected chi connectivity index (χ4v) is 3.20. The predicted octanol–water partition coefficient (Wildman–Crippen LogP) is 3.10. The van der Waals surface area contributed by atoms with Crippen LogP contribution in [0.15, 0.2) is 24.3 Å². The highest BCUT2D eigenvalue weighted by Gasteiger charge is 2.27. The fourth-order valence-electron chi connectivity index (χ4n) is 3.00. The van der Waals surface area contributed by atoms with E-state index in [9.17, 15) is 0 Å². The third-order valence-corrected chi connectivity index (χ3v) is 4.51. The standard InChI is InChI=1S/C16H25ClN2O/c1-12-16(8-10-20-12)19(3)9-7-15(18-2)13-5-4-6-14(17)11-13/h4-6,11-12,15-16,18H,7-10H2,1-3H3. The lowest BCUT2D eigenvalue weighted by atomic mass is 10.0. The van der Waals surface area contributed by atoms with E-state index in [4.69, 9.17) is 16.3 Å². The molecule has 3 atom stereocenters. The normalized spacial score (nSPS) is 24.2. The number of hydrogen-bond acceptors (Lipinski definition) is 3. The van der Waals surface area contributed by atoms with E-state index in [1.54, 1.807) is 0 Å². The number of benzene rings is 1. The number of hydrogen-bond donors (Lipinski definition) is 1. The fraction of sp³-hybridized carbons (Fsp3) is 0.625. The first-order valence-corrected chi connectivity index (χ1v) is 7.74. The van der Waals surface area contributed by atoms with Crippen LogP contribution in [0.4, 0.5) is 0 Å². The smallest absolute Gasteiger partial charge is 0.0702 e. The number of likely N-dealkylation sites (N-methyl/N-ethyl adjacent to an activating group) is 1. The largest absolute Gasteiger partial charge is 0.377 e. The van der Waals surface area contributed by atoms with Gasteiger partial charge in [0.2, 0.25) is 0 Å². The van der Waals surface area contributed by atoms with E-state index in [0.717, 1.165) is 31.0 Å². The van der Waals surface area contributed by atoms with Gasteiger partial charge in [-0.25, -0.2) is 0 Å². The van der Waals surface area contributed by atoms with E-state index >= 15 is 0 Å². The number of ether oxygens (including phenoxy) is 1. The Morgan fingerprint density at radius 1 is 1.50 bits per heavy atom. The summed E-state index contributed by atoms with van der Waals surface area (Å²) in [4.78, 5) is 2.42. The van der Waals surface area contributed by atoms with Crippen molar-refractivity contribution in [1.29, 1.82) is 0 Å². The van der Waals surface area contributed by atoms with Crippen molar-refractivity contribution >= 4 is 11.6 Å². The summed E-state index contributed by atoms with van der Waals surface area (Å²) in [6.07, 6.45) is 2.55. The van der Waals surface area contributed by atoms with Crippen LogP contribution in [-0.4, -0.2) is 44.3 Å². The number of rotatable bonds is 6. The van der Waals surface area contributed by atoms with Crippen LogP contribution in [0.1, 0.15) is 31.4 Å². The highest BCUT2D eigenvalue weighted by atomic mass is 35.5. The monoisotopic (exact) mass is 296 g/mol. The first-order chi connectivity index (χ1) is 9.61. The second-order valence-corrected chi connectivity index (χ2v) is 6.03. The zero-order valence-electron chi connectivity index (χ0n) is 12.6. The molecule has 0 aliphatic carbocycles. The minimum absolute atomic E-state index is 0.341. The van der Waals surface area contributed by atoms with Gasteiger partial charge >= 0.3 is 0 Å². The minimum atomic E-state index is 0.341. The highest BCUT2D eigenvalue weighted by Crippen LogP contribution is 2.23. The third-order valence-electron chi connectivity index (χ3n) is 4.27. The van der Waals surface area contributed by atoms with Gasteiger partial charge in [0.25, 0.3) is 0 Å². The molecule has 1 aromatic rings. The molecule has 0 radical (unpaired) electrons. The molecule has 0 aromatic heterocycles. The van der Waals surface area contributed by atoms with Crippen molar-refractivity contribution in [3.8, 4) is 0 Å². The van der Waals surface area contributed by atoms with Crippen molar-refractivity contribution < 1.29 is 4.74 Å². The summed E-state index contributed by atoms with van der Waals surface area (Å²) in [5, 5.41) is 4.19. The molecule has 1 aromatic carbocycles. The van der Waals surface area contributed by atoms with Crippen LogP contribution in [-0.2, 0) is 4.74 Å². The molecule has 1 heterocycles. The van der Waals surface area contributed by atoms with E-state index in [-0.39, 0.29) is 0 Å². The van der Waals surface area contributed by atoms with Gasteiger partial charge in [0.05, 0.1) is 6.10 Å². The summed E-state index contributed by atoms with van der Waals surface area (Å²) < 4.78 is 5.65. The van der Waals surface area contributed by atoms with Gasteiger partial charge in [-0.2, -0.15) is 0 Å². The number of nitrogens with one attached hydrogen (secondary N) is 1. The van der Waals surface area contributed by atoms with Crippen LogP contribution in [0, 0.1) is 0 Å². The Kier molecular flexibility index (Phi) is 5.85. The van der Waals surface area contributed by atoms with E-state index in [0.29, 0.717) is 18.2 Å². The van der Waals surface area contributed by atoms with E-state index in [1.165, 1.54) is 5.56 Å². The summed E-state index contributed by atoms with van der Waals surface area (Å²) >= 11 is 6.08. The molecule has 1 N–H and O–H groups in total. The molecule has 0 amide bonds. The molecule has 2 rings (SSSR count). The Bertz CT molecular complexity index is 427. The molecule has 0 spiro atoms. The maximum Gasteiger partial charge on any atom is 0.0702 e. The molecule has 1 saturated heterocycles. The van der Waals surface area contributed by atoms with Crippen molar-refractivity contribution in [2.24, 2.45) is 0 Å². The minimum Gasteiger partial charge on any atom is -0.377 e. The molecular formula is C16H25ClN2O. The van der Waals surface area contributed by atoms with Gasteiger partial charge in [0.15, 0.2) is 0 Å². The molecule has 3 nitrogen and oxygen atoms in total.